The second-order valence-corrected chi connectivity index (χ2v) is 1.91. The highest BCUT2D eigenvalue weighted by molar-refractivity contribution is 4.63. The minimum atomic E-state index is -4.18. The van der Waals surface area contributed by atoms with Crippen LogP contribution >= 0.6 is 0 Å². The Kier molecular flexibility index (Phi) is 3.67. The van der Waals surface area contributed by atoms with E-state index in [2.05, 4.69) is 4.74 Å². The predicted octanol–water partition coefficient (Wildman–Crippen LogP) is 0.912. The molecular formula is C5H10F3NO. The van der Waals surface area contributed by atoms with E-state index >= 15 is 0 Å². The van der Waals surface area contributed by atoms with Crippen LogP contribution in [0, 0.1) is 0 Å². The van der Waals surface area contributed by atoms with Gasteiger partial charge in [-0.15, -0.1) is 0 Å². The van der Waals surface area contributed by atoms with Gasteiger partial charge in [0.25, 0.3) is 0 Å². The zero-order chi connectivity index (χ0) is 8.20. The molecule has 0 saturated heterocycles. The number of methoxy groups -OCH3 is 1. The molecule has 0 aliphatic rings. The maximum absolute atomic E-state index is 11.5. The lowest BCUT2D eigenvalue weighted by molar-refractivity contribution is -0.155. The van der Waals surface area contributed by atoms with Crippen LogP contribution in [0.2, 0.25) is 0 Å². The van der Waals surface area contributed by atoms with Crippen LogP contribution in [0.5, 0.6) is 0 Å². The number of ether oxygens (including phenoxy) is 1. The summed E-state index contributed by atoms with van der Waals surface area (Å²) < 4.78 is 39.1. The van der Waals surface area contributed by atoms with Crippen molar-refractivity contribution in [1.29, 1.82) is 0 Å². The maximum atomic E-state index is 11.5. The van der Waals surface area contributed by atoms with Crippen molar-refractivity contribution in [3.8, 4) is 0 Å². The number of nitrogens with two attached hydrogens (primary N) is 1. The van der Waals surface area contributed by atoms with Gasteiger partial charge in [0, 0.05) is 13.7 Å². The molecule has 0 radical (unpaired) electrons. The lowest BCUT2D eigenvalue weighted by Crippen LogP contribution is -2.28. The Morgan fingerprint density at radius 2 is 2.00 bits per heavy atom. The first kappa shape index (κ1) is 9.71. The van der Waals surface area contributed by atoms with Gasteiger partial charge in [-0.1, -0.05) is 0 Å². The molecule has 0 aromatic heterocycles. The first-order valence-electron chi connectivity index (χ1n) is 2.79. The van der Waals surface area contributed by atoms with E-state index in [1.807, 2.05) is 0 Å². The van der Waals surface area contributed by atoms with E-state index in [0.29, 0.717) is 0 Å². The second-order valence-electron chi connectivity index (χ2n) is 1.91. The van der Waals surface area contributed by atoms with Gasteiger partial charge in [0.15, 0.2) is 0 Å². The van der Waals surface area contributed by atoms with E-state index in [9.17, 15) is 13.2 Å². The van der Waals surface area contributed by atoms with Gasteiger partial charge in [-0.25, -0.2) is 0 Å². The molecule has 0 fully saturated rings. The number of hydrogen-bond donors (Lipinski definition) is 1. The molecule has 0 aliphatic heterocycles. The zero-order valence-corrected chi connectivity index (χ0v) is 5.61. The van der Waals surface area contributed by atoms with Crippen LogP contribution < -0.4 is 5.73 Å². The first-order chi connectivity index (χ1) is 4.49. The lowest BCUT2D eigenvalue weighted by atomic mass is 10.2. The van der Waals surface area contributed by atoms with Gasteiger partial charge in [-0.05, 0) is 0 Å². The minimum absolute atomic E-state index is 0.101. The van der Waals surface area contributed by atoms with Crippen LogP contribution in [0.4, 0.5) is 13.2 Å². The normalized spacial score (nSPS) is 15.3. The Balaban J connectivity index is 3.63. The van der Waals surface area contributed by atoms with Crippen molar-refractivity contribution >= 4 is 0 Å². The highest BCUT2D eigenvalue weighted by Gasteiger charge is 2.31. The van der Waals surface area contributed by atoms with Crippen LogP contribution in [0.25, 0.3) is 0 Å². The third-order valence-corrected chi connectivity index (χ3v) is 1.06. The lowest BCUT2D eigenvalue weighted by Gasteiger charge is -2.14. The van der Waals surface area contributed by atoms with Gasteiger partial charge in [0.05, 0.1) is 12.5 Å². The summed E-state index contributed by atoms with van der Waals surface area (Å²) in [4.78, 5) is 0. The van der Waals surface area contributed by atoms with Crippen LogP contribution in [0.15, 0.2) is 0 Å². The number of halogens is 3. The van der Waals surface area contributed by atoms with E-state index in [4.69, 9.17) is 5.73 Å². The molecule has 0 saturated carbocycles. The summed E-state index contributed by atoms with van der Waals surface area (Å²) in [5.41, 5.74) is 4.97. The number of rotatable bonds is 3. The summed E-state index contributed by atoms with van der Waals surface area (Å²) in [6, 6.07) is 0. The topological polar surface area (TPSA) is 35.2 Å². The monoisotopic (exact) mass is 157 g/mol. The molecule has 1 unspecified atom stereocenters. The molecule has 62 valence electrons. The molecule has 0 rings (SSSR count). The molecule has 2 nitrogen and oxygen atoms in total. The average Bonchev–Trinajstić information content (AvgIpc) is 1.81. The largest absolute Gasteiger partial charge is 0.391 e. The van der Waals surface area contributed by atoms with Crippen molar-refractivity contribution in [3.63, 3.8) is 0 Å². The Morgan fingerprint density at radius 1 is 1.50 bits per heavy atom. The van der Waals surface area contributed by atoms with E-state index in [0.717, 1.165) is 0 Å². The molecule has 5 heteroatoms. The quantitative estimate of drug-likeness (QED) is 0.660. The fourth-order valence-corrected chi connectivity index (χ4v) is 0.521. The van der Waals surface area contributed by atoms with Gasteiger partial charge in [0.2, 0.25) is 0 Å². The van der Waals surface area contributed by atoms with Crippen molar-refractivity contribution in [2.24, 2.45) is 5.73 Å². The molecule has 0 heterocycles. The molecule has 0 aromatic rings. The number of alkyl halides is 3. The average molecular weight is 157 g/mol. The zero-order valence-electron chi connectivity index (χ0n) is 5.61. The fourth-order valence-electron chi connectivity index (χ4n) is 0.521. The molecular weight excluding hydrogens is 147 g/mol. The highest BCUT2D eigenvalue weighted by Crippen LogP contribution is 2.21. The summed E-state index contributed by atoms with van der Waals surface area (Å²) in [5.74, 6) is 0. The summed E-state index contributed by atoms with van der Waals surface area (Å²) in [7, 11) is 1.21. The van der Waals surface area contributed by atoms with E-state index < -0.39 is 18.7 Å². The van der Waals surface area contributed by atoms with Gasteiger partial charge >= 0.3 is 6.18 Å². The summed E-state index contributed by atoms with van der Waals surface area (Å²) in [5, 5.41) is 0. The third-order valence-electron chi connectivity index (χ3n) is 1.06. The van der Waals surface area contributed by atoms with E-state index in [1.165, 1.54) is 7.11 Å². The molecule has 1 atom stereocenters. The summed E-state index contributed by atoms with van der Waals surface area (Å²) in [6.07, 6.45) is -6.06. The SMILES string of the molecule is COC(CN)CC(F)(F)F. The molecule has 0 aromatic carbocycles. The molecule has 0 spiro atoms. The fraction of sp³-hybridized carbons (Fsp3) is 1.00. The van der Waals surface area contributed by atoms with Crippen LogP contribution in [0.1, 0.15) is 6.42 Å². The minimum Gasteiger partial charge on any atom is -0.380 e. The Morgan fingerprint density at radius 3 is 2.10 bits per heavy atom. The highest BCUT2D eigenvalue weighted by atomic mass is 19.4. The molecule has 2 N–H and O–H groups in total. The van der Waals surface area contributed by atoms with Gasteiger partial charge in [-0.2, -0.15) is 13.2 Å². The Labute approximate surface area is 57.1 Å². The Hall–Kier alpha value is -0.290. The van der Waals surface area contributed by atoms with Crippen molar-refractivity contribution < 1.29 is 17.9 Å². The van der Waals surface area contributed by atoms with Gasteiger partial charge < -0.3 is 10.5 Å². The van der Waals surface area contributed by atoms with Crippen molar-refractivity contribution in [3.05, 3.63) is 0 Å². The summed E-state index contributed by atoms with van der Waals surface area (Å²) >= 11 is 0. The van der Waals surface area contributed by atoms with E-state index in [-0.39, 0.29) is 6.54 Å². The van der Waals surface area contributed by atoms with Crippen molar-refractivity contribution in [1.82, 2.24) is 0 Å². The smallest absolute Gasteiger partial charge is 0.380 e. The third kappa shape index (κ3) is 4.58. The summed E-state index contributed by atoms with van der Waals surface area (Å²) in [6.45, 7) is -0.101. The van der Waals surface area contributed by atoms with Crippen molar-refractivity contribution in [2.75, 3.05) is 13.7 Å². The van der Waals surface area contributed by atoms with Gasteiger partial charge in [-0.3, -0.25) is 0 Å². The molecule has 0 bridgehead atoms. The van der Waals surface area contributed by atoms with E-state index in [1.54, 1.807) is 0 Å². The molecule has 0 amide bonds. The molecule has 0 aliphatic carbocycles. The van der Waals surface area contributed by atoms with Crippen LogP contribution in [-0.4, -0.2) is 25.9 Å². The van der Waals surface area contributed by atoms with Crippen LogP contribution in [0.3, 0.4) is 0 Å². The molecule has 10 heavy (non-hydrogen) atoms. The maximum Gasteiger partial charge on any atom is 0.391 e. The number of hydrogen-bond acceptors (Lipinski definition) is 2. The predicted molar refractivity (Wildman–Crippen MR) is 30.5 cm³/mol. The standard InChI is InChI=1S/C5H10F3NO/c1-10-4(3-9)2-5(6,7)8/h4H,2-3,9H2,1H3. The van der Waals surface area contributed by atoms with Crippen LogP contribution in [-0.2, 0) is 4.74 Å². The Bertz CT molecular complexity index is 89.4. The second kappa shape index (κ2) is 3.78. The van der Waals surface area contributed by atoms with Gasteiger partial charge in [0.1, 0.15) is 0 Å². The van der Waals surface area contributed by atoms with Crippen molar-refractivity contribution in [2.45, 2.75) is 18.7 Å². The first-order valence-corrected chi connectivity index (χ1v) is 2.79.